The first-order valence-electron chi connectivity index (χ1n) is 6.08. The first kappa shape index (κ1) is 13.3. The fraction of sp³-hybridized carbons (Fsp3) is 0.286. The summed E-state index contributed by atoms with van der Waals surface area (Å²) in [6, 6.07) is 4.12. The van der Waals surface area contributed by atoms with Crippen LogP contribution >= 0.6 is 0 Å². The van der Waals surface area contributed by atoms with Crippen molar-refractivity contribution in [2.45, 2.75) is 27.7 Å². The van der Waals surface area contributed by atoms with Crippen molar-refractivity contribution in [2.75, 3.05) is 5.43 Å². The van der Waals surface area contributed by atoms with E-state index in [0.717, 1.165) is 22.4 Å². The van der Waals surface area contributed by atoms with Crippen LogP contribution in [0.25, 0.3) is 0 Å². The Hall–Kier alpha value is -2.14. The fourth-order valence-corrected chi connectivity index (χ4v) is 1.78. The van der Waals surface area contributed by atoms with Gasteiger partial charge in [-0.1, -0.05) is 12.1 Å². The van der Waals surface area contributed by atoms with E-state index in [4.69, 9.17) is 10.6 Å². The molecule has 19 heavy (non-hydrogen) atoms. The third kappa shape index (κ3) is 2.66. The van der Waals surface area contributed by atoms with E-state index in [-0.39, 0.29) is 0 Å². The molecule has 2 aromatic rings. The maximum Gasteiger partial charge on any atom is 0.240 e. The van der Waals surface area contributed by atoms with Gasteiger partial charge in [0.2, 0.25) is 11.8 Å². The minimum Gasteiger partial charge on any atom is -0.438 e. The van der Waals surface area contributed by atoms with Crippen molar-refractivity contribution in [3.05, 3.63) is 40.6 Å². The average molecular weight is 258 g/mol. The smallest absolute Gasteiger partial charge is 0.240 e. The monoisotopic (exact) mass is 258 g/mol. The Labute approximate surface area is 112 Å². The van der Waals surface area contributed by atoms with E-state index in [0.29, 0.717) is 11.8 Å². The Balaban J connectivity index is 2.44. The largest absolute Gasteiger partial charge is 0.438 e. The molecule has 0 bridgehead atoms. The van der Waals surface area contributed by atoms with Crippen molar-refractivity contribution in [1.82, 2.24) is 9.97 Å². The van der Waals surface area contributed by atoms with Crippen LogP contribution in [0.1, 0.15) is 22.3 Å². The highest BCUT2D eigenvalue weighted by Crippen LogP contribution is 2.31. The molecule has 0 aliphatic carbocycles. The van der Waals surface area contributed by atoms with Gasteiger partial charge in [0.25, 0.3) is 0 Å². The van der Waals surface area contributed by atoms with Gasteiger partial charge >= 0.3 is 0 Å². The highest BCUT2D eigenvalue weighted by Gasteiger charge is 2.11. The molecule has 0 fully saturated rings. The van der Waals surface area contributed by atoms with E-state index in [1.807, 2.05) is 26.8 Å². The van der Waals surface area contributed by atoms with Crippen molar-refractivity contribution in [2.24, 2.45) is 5.84 Å². The summed E-state index contributed by atoms with van der Waals surface area (Å²) in [7, 11) is 0. The van der Waals surface area contributed by atoms with E-state index >= 15 is 0 Å². The number of rotatable bonds is 3. The maximum absolute atomic E-state index is 5.95. The molecule has 0 aliphatic rings. The van der Waals surface area contributed by atoms with Gasteiger partial charge in [-0.15, -0.1) is 0 Å². The minimum absolute atomic E-state index is 0.337. The molecule has 0 atom stereocenters. The van der Waals surface area contributed by atoms with Gasteiger partial charge in [0.15, 0.2) is 0 Å². The van der Waals surface area contributed by atoms with Crippen LogP contribution in [0.3, 0.4) is 0 Å². The van der Waals surface area contributed by atoms with E-state index in [9.17, 15) is 0 Å². The number of aromatic nitrogens is 2. The zero-order chi connectivity index (χ0) is 14.0. The lowest BCUT2D eigenvalue weighted by Crippen LogP contribution is -2.11. The molecular weight excluding hydrogens is 240 g/mol. The van der Waals surface area contributed by atoms with Gasteiger partial charge in [0.1, 0.15) is 5.75 Å². The number of benzene rings is 1. The standard InChI is InChI=1S/C14H18N4O/c1-8-5-6-9(2)12(11(8)4)19-13-10(3)7-16-14(17-13)18-15/h5-7H,15H2,1-4H3,(H,16,17,18). The van der Waals surface area contributed by atoms with E-state index in [1.165, 1.54) is 5.56 Å². The maximum atomic E-state index is 5.95. The molecule has 0 spiro atoms. The number of hydrogen-bond acceptors (Lipinski definition) is 5. The third-order valence-electron chi connectivity index (χ3n) is 3.13. The number of nitrogens with two attached hydrogens (primary N) is 1. The summed E-state index contributed by atoms with van der Waals surface area (Å²) in [6.07, 6.45) is 1.68. The number of anilines is 1. The number of ether oxygens (including phenoxy) is 1. The number of nitrogen functional groups attached to an aromatic ring is 1. The van der Waals surface area contributed by atoms with Gasteiger partial charge in [-0.05, 0) is 44.4 Å². The molecule has 5 heteroatoms. The fourth-order valence-electron chi connectivity index (χ4n) is 1.78. The zero-order valence-electron chi connectivity index (χ0n) is 11.6. The molecule has 0 aliphatic heterocycles. The van der Waals surface area contributed by atoms with Crippen LogP contribution in [0.2, 0.25) is 0 Å². The number of hydrogen-bond donors (Lipinski definition) is 2. The third-order valence-corrected chi connectivity index (χ3v) is 3.13. The molecule has 0 amide bonds. The lowest BCUT2D eigenvalue weighted by molar-refractivity contribution is 0.451. The topological polar surface area (TPSA) is 73.1 Å². The van der Waals surface area contributed by atoms with Crippen LogP contribution in [-0.2, 0) is 0 Å². The van der Waals surface area contributed by atoms with Crippen LogP contribution < -0.4 is 16.0 Å². The molecule has 3 N–H and O–H groups in total. The summed E-state index contributed by atoms with van der Waals surface area (Å²) in [5, 5.41) is 0. The van der Waals surface area contributed by atoms with Crippen LogP contribution in [0.4, 0.5) is 5.95 Å². The van der Waals surface area contributed by atoms with Gasteiger partial charge in [0, 0.05) is 11.8 Å². The second kappa shape index (κ2) is 5.24. The molecule has 1 aromatic heterocycles. The highest BCUT2D eigenvalue weighted by atomic mass is 16.5. The molecular formula is C14H18N4O. The quantitative estimate of drug-likeness (QED) is 0.654. The molecule has 2 rings (SSSR count). The first-order valence-corrected chi connectivity index (χ1v) is 6.08. The summed E-state index contributed by atoms with van der Waals surface area (Å²) in [5.74, 6) is 7.00. The highest BCUT2D eigenvalue weighted by molar-refractivity contribution is 5.47. The summed E-state index contributed by atoms with van der Waals surface area (Å²) in [5.41, 5.74) is 6.65. The van der Waals surface area contributed by atoms with Gasteiger partial charge in [-0.3, -0.25) is 5.43 Å². The second-order valence-corrected chi connectivity index (χ2v) is 4.58. The van der Waals surface area contributed by atoms with E-state index in [2.05, 4.69) is 28.4 Å². The Morgan fingerprint density at radius 3 is 2.42 bits per heavy atom. The van der Waals surface area contributed by atoms with Crippen LogP contribution in [0.5, 0.6) is 11.6 Å². The minimum atomic E-state index is 0.337. The normalized spacial score (nSPS) is 10.4. The second-order valence-electron chi connectivity index (χ2n) is 4.58. The zero-order valence-corrected chi connectivity index (χ0v) is 11.6. The molecule has 0 radical (unpaired) electrons. The molecule has 0 saturated heterocycles. The first-order chi connectivity index (χ1) is 9.02. The lowest BCUT2D eigenvalue weighted by atomic mass is 10.1. The predicted octanol–water partition coefficient (Wildman–Crippen LogP) is 2.79. The molecule has 100 valence electrons. The van der Waals surface area contributed by atoms with Crippen molar-refractivity contribution in [1.29, 1.82) is 0 Å². The molecule has 0 saturated carbocycles. The predicted molar refractivity (Wildman–Crippen MR) is 75.3 cm³/mol. The molecule has 1 heterocycles. The van der Waals surface area contributed by atoms with Gasteiger partial charge in [0.05, 0.1) is 0 Å². The van der Waals surface area contributed by atoms with Gasteiger partial charge in [-0.2, -0.15) is 4.98 Å². The van der Waals surface area contributed by atoms with Gasteiger partial charge < -0.3 is 4.74 Å². The average Bonchev–Trinajstić information content (AvgIpc) is 2.41. The van der Waals surface area contributed by atoms with E-state index in [1.54, 1.807) is 6.20 Å². The summed E-state index contributed by atoms with van der Waals surface area (Å²) >= 11 is 0. The van der Waals surface area contributed by atoms with Gasteiger partial charge in [-0.25, -0.2) is 10.8 Å². The summed E-state index contributed by atoms with van der Waals surface area (Å²) in [6.45, 7) is 8.01. The van der Waals surface area contributed by atoms with Crippen LogP contribution in [-0.4, -0.2) is 9.97 Å². The van der Waals surface area contributed by atoms with E-state index < -0.39 is 0 Å². The van der Waals surface area contributed by atoms with Crippen molar-refractivity contribution in [3.63, 3.8) is 0 Å². The molecule has 1 aromatic carbocycles. The van der Waals surface area contributed by atoms with Crippen molar-refractivity contribution >= 4 is 5.95 Å². The Morgan fingerprint density at radius 2 is 1.74 bits per heavy atom. The van der Waals surface area contributed by atoms with Crippen molar-refractivity contribution in [3.8, 4) is 11.6 Å². The summed E-state index contributed by atoms with van der Waals surface area (Å²) < 4.78 is 5.95. The van der Waals surface area contributed by atoms with Crippen LogP contribution in [0, 0.1) is 27.7 Å². The Morgan fingerprint density at radius 1 is 1.05 bits per heavy atom. The number of hydrazine groups is 1. The Bertz CT molecular complexity index is 611. The summed E-state index contributed by atoms with van der Waals surface area (Å²) in [4.78, 5) is 8.26. The molecule has 0 unspecified atom stereocenters. The number of nitrogens with zero attached hydrogens (tertiary/aromatic N) is 2. The lowest BCUT2D eigenvalue weighted by Gasteiger charge is -2.14. The number of nitrogens with one attached hydrogen (secondary N) is 1. The SMILES string of the molecule is Cc1cnc(NN)nc1Oc1c(C)ccc(C)c1C. The molecule has 5 nitrogen and oxygen atoms in total. The van der Waals surface area contributed by atoms with Crippen LogP contribution in [0.15, 0.2) is 18.3 Å². The van der Waals surface area contributed by atoms with Crippen molar-refractivity contribution < 1.29 is 4.74 Å². The number of aryl methyl sites for hydroxylation is 3. The Kier molecular flexibility index (Phi) is 3.66.